The molecule has 2 aromatic heterocycles. The first-order valence-electron chi connectivity index (χ1n) is 5.60. The minimum absolute atomic E-state index is 0.293. The molecule has 2 heterocycles. The Morgan fingerprint density at radius 3 is 2.89 bits per heavy atom. The van der Waals surface area contributed by atoms with Crippen LogP contribution in [0.5, 0.6) is 0 Å². The zero-order chi connectivity index (χ0) is 12.4. The molecule has 4 nitrogen and oxygen atoms in total. The summed E-state index contributed by atoms with van der Waals surface area (Å²) in [6.45, 7) is 0.740. The maximum absolute atomic E-state index is 5.71. The van der Waals surface area contributed by atoms with E-state index in [2.05, 4.69) is 32.1 Å². The van der Waals surface area contributed by atoms with Gasteiger partial charge in [-0.2, -0.15) is 16.3 Å². The van der Waals surface area contributed by atoms with Gasteiger partial charge < -0.3 is 11.1 Å². The number of rotatable bonds is 3. The molecule has 0 amide bonds. The number of nitrogens with zero attached hydrogens (tertiary/aromatic N) is 2. The second-order valence-electron chi connectivity index (χ2n) is 3.93. The van der Waals surface area contributed by atoms with Gasteiger partial charge in [0.05, 0.1) is 5.52 Å². The summed E-state index contributed by atoms with van der Waals surface area (Å²) in [5.41, 5.74) is 7.81. The molecule has 0 spiro atoms. The SMILES string of the molecule is Nc1nc(NCc2ccsc2)c2ccccc2n1. The molecule has 1 aromatic carbocycles. The summed E-state index contributed by atoms with van der Waals surface area (Å²) in [7, 11) is 0. The van der Waals surface area contributed by atoms with Gasteiger partial charge in [0.25, 0.3) is 0 Å². The fourth-order valence-electron chi connectivity index (χ4n) is 1.81. The Hall–Kier alpha value is -2.14. The first-order chi connectivity index (χ1) is 8.83. The fourth-order valence-corrected chi connectivity index (χ4v) is 2.48. The van der Waals surface area contributed by atoms with Crippen molar-refractivity contribution in [2.75, 3.05) is 11.1 Å². The zero-order valence-corrected chi connectivity index (χ0v) is 10.4. The van der Waals surface area contributed by atoms with Crippen molar-refractivity contribution < 1.29 is 0 Å². The van der Waals surface area contributed by atoms with E-state index in [4.69, 9.17) is 5.73 Å². The van der Waals surface area contributed by atoms with Gasteiger partial charge >= 0.3 is 0 Å². The molecule has 3 aromatic rings. The molecule has 0 aliphatic rings. The first-order valence-corrected chi connectivity index (χ1v) is 6.54. The van der Waals surface area contributed by atoms with Crippen molar-refractivity contribution in [3.63, 3.8) is 0 Å². The monoisotopic (exact) mass is 256 g/mol. The van der Waals surface area contributed by atoms with Crippen molar-refractivity contribution in [1.82, 2.24) is 9.97 Å². The summed E-state index contributed by atoms with van der Waals surface area (Å²) in [5, 5.41) is 8.46. The van der Waals surface area contributed by atoms with E-state index < -0.39 is 0 Å². The predicted molar refractivity (Wildman–Crippen MR) is 75.6 cm³/mol. The lowest BCUT2D eigenvalue weighted by molar-refractivity contribution is 1.12. The van der Waals surface area contributed by atoms with Crippen LogP contribution in [0.25, 0.3) is 10.9 Å². The number of thiophene rings is 1. The van der Waals surface area contributed by atoms with Gasteiger partial charge in [0.2, 0.25) is 5.95 Å². The van der Waals surface area contributed by atoms with Gasteiger partial charge in [-0.25, -0.2) is 4.98 Å². The van der Waals surface area contributed by atoms with Gasteiger partial charge in [-0.15, -0.1) is 0 Å². The van der Waals surface area contributed by atoms with Crippen molar-refractivity contribution in [1.29, 1.82) is 0 Å². The molecule has 5 heteroatoms. The number of hydrogen-bond acceptors (Lipinski definition) is 5. The number of nitrogen functional groups attached to an aromatic ring is 1. The Bertz CT molecular complexity index is 664. The van der Waals surface area contributed by atoms with E-state index in [-0.39, 0.29) is 0 Å². The fraction of sp³-hybridized carbons (Fsp3) is 0.0769. The van der Waals surface area contributed by atoms with Crippen LogP contribution in [0, 0.1) is 0 Å². The lowest BCUT2D eigenvalue weighted by Crippen LogP contribution is -2.04. The number of hydrogen-bond donors (Lipinski definition) is 2. The average molecular weight is 256 g/mol. The van der Waals surface area contributed by atoms with E-state index in [0.29, 0.717) is 5.95 Å². The van der Waals surface area contributed by atoms with Crippen molar-refractivity contribution in [2.45, 2.75) is 6.54 Å². The highest BCUT2D eigenvalue weighted by molar-refractivity contribution is 7.07. The minimum atomic E-state index is 0.293. The maximum atomic E-state index is 5.71. The number of fused-ring (bicyclic) bond motifs is 1. The third-order valence-electron chi connectivity index (χ3n) is 2.66. The number of aromatic nitrogens is 2. The second kappa shape index (κ2) is 4.62. The molecule has 3 rings (SSSR count). The van der Waals surface area contributed by atoms with Crippen LogP contribution in [0.15, 0.2) is 41.1 Å². The molecular formula is C13H12N4S. The van der Waals surface area contributed by atoms with Crippen molar-refractivity contribution in [3.8, 4) is 0 Å². The molecule has 18 heavy (non-hydrogen) atoms. The van der Waals surface area contributed by atoms with Gasteiger partial charge in [0, 0.05) is 11.9 Å². The summed E-state index contributed by atoms with van der Waals surface area (Å²) < 4.78 is 0. The smallest absolute Gasteiger partial charge is 0.222 e. The second-order valence-corrected chi connectivity index (χ2v) is 4.71. The molecule has 0 saturated carbocycles. The molecule has 0 radical (unpaired) electrons. The molecule has 0 aliphatic heterocycles. The van der Waals surface area contributed by atoms with Crippen LogP contribution in [-0.4, -0.2) is 9.97 Å². The maximum Gasteiger partial charge on any atom is 0.222 e. The summed E-state index contributed by atoms with van der Waals surface area (Å²) in [6, 6.07) is 9.92. The molecule has 0 unspecified atom stereocenters. The Kier molecular flexibility index (Phi) is 2.82. The Balaban J connectivity index is 1.95. The third-order valence-corrected chi connectivity index (χ3v) is 3.39. The molecule has 3 N–H and O–H groups in total. The lowest BCUT2D eigenvalue weighted by Gasteiger charge is -2.08. The highest BCUT2D eigenvalue weighted by atomic mass is 32.1. The van der Waals surface area contributed by atoms with E-state index >= 15 is 0 Å². The van der Waals surface area contributed by atoms with E-state index in [9.17, 15) is 0 Å². The molecule has 0 atom stereocenters. The minimum Gasteiger partial charge on any atom is -0.368 e. The van der Waals surface area contributed by atoms with Gasteiger partial charge in [-0.3, -0.25) is 0 Å². The highest BCUT2D eigenvalue weighted by Crippen LogP contribution is 2.21. The predicted octanol–water partition coefficient (Wildman–Crippen LogP) is 2.89. The zero-order valence-electron chi connectivity index (χ0n) is 9.63. The molecule has 90 valence electrons. The molecular weight excluding hydrogens is 244 g/mol. The quantitative estimate of drug-likeness (QED) is 0.756. The Morgan fingerprint density at radius 1 is 1.17 bits per heavy atom. The molecule has 0 fully saturated rings. The number of para-hydroxylation sites is 1. The van der Waals surface area contributed by atoms with Crippen LogP contribution in [0.4, 0.5) is 11.8 Å². The van der Waals surface area contributed by atoms with E-state index in [1.165, 1.54) is 5.56 Å². The van der Waals surface area contributed by atoms with Crippen molar-refractivity contribution in [3.05, 3.63) is 46.7 Å². The summed E-state index contributed by atoms with van der Waals surface area (Å²) in [5.74, 6) is 1.07. The van der Waals surface area contributed by atoms with Gasteiger partial charge in [-0.05, 0) is 34.5 Å². The average Bonchev–Trinajstić information content (AvgIpc) is 2.89. The van der Waals surface area contributed by atoms with E-state index in [1.807, 2.05) is 24.3 Å². The third kappa shape index (κ3) is 2.12. The van der Waals surface area contributed by atoms with E-state index in [0.717, 1.165) is 23.3 Å². The highest BCUT2D eigenvalue weighted by Gasteiger charge is 2.05. The summed E-state index contributed by atoms with van der Waals surface area (Å²) in [6.07, 6.45) is 0. The molecule has 0 aliphatic carbocycles. The van der Waals surface area contributed by atoms with Gasteiger partial charge in [0.15, 0.2) is 0 Å². The van der Waals surface area contributed by atoms with Crippen LogP contribution in [0.3, 0.4) is 0 Å². The molecule has 0 saturated heterocycles. The van der Waals surface area contributed by atoms with Gasteiger partial charge in [-0.1, -0.05) is 12.1 Å². The van der Waals surface area contributed by atoms with E-state index in [1.54, 1.807) is 11.3 Å². The number of nitrogens with two attached hydrogens (primary N) is 1. The van der Waals surface area contributed by atoms with Crippen LogP contribution in [0.1, 0.15) is 5.56 Å². The standard InChI is InChI=1S/C13H12N4S/c14-13-16-11-4-2-1-3-10(11)12(17-13)15-7-9-5-6-18-8-9/h1-6,8H,7H2,(H3,14,15,16,17). The number of anilines is 2. The van der Waals surface area contributed by atoms with Crippen LogP contribution in [0.2, 0.25) is 0 Å². The number of nitrogens with one attached hydrogen (secondary N) is 1. The van der Waals surface area contributed by atoms with Crippen molar-refractivity contribution >= 4 is 34.0 Å². The van der Waals surface area contributed by atoms with Crippen LogP contribution in [-0.2, 0) is 6.54 Å². The Labute approximate surface area is 109 Å². The van der Waals surface area contributed by atoms with Crippen LogP contribution < -0.4 is 11.1 Å². The first kappa shape index (κ1) is 11.0. The lowest BCUT2D eigenvalue weighted by atomic mass is 10.2. The Morgan fingerprint density at radius 2 is 2.06 bits per heavy atom. The largest absolute Gasteiger partial charge is 0.368 e. The van der Waals surface area contributed by atoms with Crippen molar-refractivity contribution in [2.24, 2.45) is 0 Å². The topological polar surface area (TPSA) is 63.8 Å². The van der Waals surface area contributed by atoms with Crippen LogP contribution >= 0.6 is 11.3 Å². The summed E-state index contributed by atoms with van der Waals surface area (Å²) in [4.78, 5) is 8.47. The summed E-state index contributed by atoms with van der Waals surface area (Å²) >= 11 is 1.68. The normalized spacial score (nSPS) is 10.7. The molecule has 0 bridgehead atoms. The van der Waals surface area contributed by atoms with Gasteiger partial charge in [0.1, 0.15) is 5.82 Å². The number of benzene rings is 1.